The summed E-state index contributed by atoms with van der Waals surface area (Å²) in [5.41, 5.74) is 4.89. The van der Waals surface area contributed by atoms with Gasteiger partial charge in [0.2, 0.25) is 0 Å². The Morgan fingerprint density at radius 1 is 0.964 bits per heavy atom. The molecule has 0 radical (unpaired) electrons. The number of nitrogens with one attached hydrogen (secondary N) is 1. The smallest absolute Gasteiger partial charge is 0.102 e. The Kier molecular flexibility index (Phi) is 3.95. The van der Waals surface area contributed by atoms with E-state index in [-0.39, 0.29) is 6.61 Å². The number of fused-ring (bicyclic) bond motifs is 5. The Hall–Kier alpha value is -2.79. The number of aliphatic hydroxyl groups excluding tert-OH is 2. The number of hydrogen-bond acceptors (Lipinski definition) is 2. The summed E-state index contributed by atoms with van der Waals surface area (Å²) in [7, 11) is 2.02. The zero-order valence-corrected chi connectivity index (χ0v) is 16.0. The van der Waals surface area contributed by atoms with Gasteiger partial charge in [-0.3, -0.25) is 0 Å². The van der Waals surface area contributed by atoms with Gasteiger partial charge in [0.1, 0.15) is 6.10 Å². The van der Waals surface area contributed by atoms with Crippen molar-refractivity contribution >= 4 is 44.2 Å². The van der Waals surface area contributed by atoms with E-state index in [0.717, 1.165) is 48.7 Å². The summed E-state index contributed by atoms with van der Waals surface area (Å²) in [6, 6.07) is 15.9. The second-order valence-corrected chi connectivity index (χ2v) is 7.52. The molecule has 4 nitrogen and oxygen atoms in total. The van der Waals surface area contributed by atoms with Crippen molar-refractivity contribution in [3.05, 3.63) is 71.5 Å². The fraction of sp³-hybridized carbons (Fsp3) is 0.130. The van der Waals surface area contributed by atoms with E-state index in [0.29, 0.717) is 5.56 Å². The largest absolute Gasteiger partial charge is 0.393 e. The quantitative estimate of drug-likeness (QED) is 0.398. The Labute approximate surface area is 166 Å². The van der Waals surface area contributed by atoms with E-state index >= 15 is 0 Å². The number of halogens is 1. The van der Waals surface area contributed by atoms with Crippen LogP contribution >= 0.6 is 11.6 Å². The van der Waals surface area contributed by atoms with Crippen molar-refractivity contribution in [3.8, 4) is 11.1 Å². The van der Waals surface area contributed by atoms with Crippen LogP contribution in [0.25, 0.3) is 43.7 Å². The van der Waals surface area contributed by atoms with Crippen molar-refractivity contribution in [2.45, 2.75) is 6.10 Å². The SMILES string of the molecule is Cn1c2cc(C(O)CO)ccc2c2c3c[nH]cc3c(-c3ccccc3Cl)cc21. The third-order valence-corrected chi connectivity index (χ3v) is 5.91. The molecule has 0 aliphatic carbocycles. The maximum atomic E-state index is 10.0. The fourth-order valence-corrected chi connectivity index (χ4v) is 4.39. The molecule has 5 aromatic rings. The molecule has 3 aromatic carbocycles. The monoisotopic (exact) mass is 390 g/mol. The molecule has 0 bridgehead atoms. The number of H-pyrrole nitrogens is 1. The molecule has 3 N–H and O–H groups in total. The molecule has 140 valence electrons. The summed E-state index contributed by atoms with van der Waals surface area (Å²) in [6.45, 7) is -0.297. The van der Waals surface area contributed by atoms with Crippen LogP contribution in [0.15, 0.2) is 60.9 Å². The Bertz CT molecular complexity index is 1350. The van der Waals surface area contributed by atoms with Gasteiger partial charge >= 0.3 is 0 Å². The minimum absolute atomic E-state index is 0.297. The highest BCUT2D eigenvalue weighted by molar-refractivity contribution is 6.34. The first-order valence-electron chi connectivity index (χ1n) is 9.15. The summed E-state index contributed by atoms with van der Waals surface area (Å²) >= 11 is 6.50. The van der Waals surface area contributed by atoms with E-state index in [1.54, 1.807) is 0 Å². The third kappa shape index (κ3) is 2.39. The van der Waals surface area contributed by atoms with Gasteiger partial charge in [0.25, 0.3) is 0 Å². The van der Waals surface area contributed by atoms with Gasteiger partial charge in [-0.2, -0.15) is 0 Å². The van der Waals surface area contributed by atoms with E-state index in [9.17, 15) is 10.2 Å². The molecule has 0 fully saturated rings. The molecule has 2 heterocycles. The second kappa shape index (κ2) is 6.38. The molecular weight excluding hydrogens is 372 g/mol. The van der Waals surface area contributed by atoms with Crippen molar-refractivity contribution in [1.29, 1.82) is 0 Å². The molecule has 0 saturated heterocycles. The Morgan fingerprint density at radius 3 is 2.54 bits per heavy atom. The number of aromatic amines is 1. The maximum absolute atomic E-state index is 10.0. The molecule has 5 rings (SSSR count). The van der Waals surface area contributed by atoms with Gasteiger partial charge in [-0.1, -0.05) is 41.9 Å². The van der Waals surface area contributed by atoms with Crippen LogP contribution in [-0.2, 0) is 7.05 Å². The van der Waals surface area contributed by atoms with Crippen LogP contribution in [0, 0.1) is 0 Å². The van der Waals surface area contributed by atoms with E-state index in [2.05, 4.69) is 15.6 Å². The molecule has 0 aliphatic heterocycles. The topological polar surface area (TPSA) is 61.2 Å². The van der Waals surface area contributed by atoms with E-state index in [1.165, 1.54) is 0 Å². The average Bonchev–Trinajstić information content (AvgIpc) is 3.30. The van der Waals surface area contributed by atoms with Crippen LogP contribution < -0.4 is 0 Å². The number of hydrogen-bond donors (Lipinski definition) is 3. The summed E-state index contributed by atoms with van der Waals surface area (Å²) in [6.07, 6.45) is 3.15. The summed E-state index contributed by atoms with van der Waals surface area (Å²) in [5, 5.41) is 24.6. The van der Waals surface area contributed by atoms with Crippen LogP contribution in [-0.4, -0.2) is 26.4 Å². The zero-order chi connectivity index (χ0) is 19.4. The van der Waals surface area contributed by atoms with E-state index in [4.69, 9.17) is 11.6 Å². The van der Waals surface area contributed by atoms with Gasteiger partial charge < -0.3 is 19.8 Å². The lowest BCUT2D eigenvalue weighted by Gasteiger charge is -2.08. The number of aromatic nitrogens is 2. The van der Waals surface area contributed by atoms with Crippen molar-refractivity contribution in [1.82, 2.24) is 9.55 Å². The molecule has 0 spiro atoms. The second-order valence-electron chi connectivity index (χ2n) is 7.11. The lowest BCUT2D eigenvalue weighted by atomic mass is 9.97. The minimum atomic E-state index is -0.881. The molecule has 0 aliphatic rings. The third-order valence-electron chi connectivity index (χ3n) is 5.58. The van der Waals surface area contributed by atoms with E-state index < -0.39 is 6.10 Å². The van der Waals surface area contributed by atoms with Crippen LogP contribution in [0.3, 0.4) is 0 Å². The highest BCUT2D eigenvalue weighted by Gasteiger charge is 2.18. The predicted molar refractivity (Wildman–Crippen MR) is 115 cm³/mol. The molecule has 5 heteroatoms. The zero-order valence-electron chi connectivity index (χ0n) is 15.3. The molecular formula is C23H19ClN2O2. The Morgan fingerprint density at radius 2 is 1.75 bits per heavy atom. The molecule has 2 aromatic heterocycles. The van der Waals surface area contributed by atoms with Crippen molar-refractivity contribution in [2.24, 2.45) is 7.05 Å². The number of aryl methyl sites for hydroxylation is 1. The standard InChI is InChI=1S/C23H19ClN2O2/c1-26-20-8-13(22(28)12-27)6-7-15(20)23-18-11-25-10-17(18)16(9-21(23)26)14-4-2-3-5-19(14)24/h2-11,22,25,27-28H,12H2,1H3. The van der Waals surface area contributed by atoms with Gasteiger partial charge in [0.05, 0.1) is 12.1 Å². The van der Waals surface area contributed by atoms with Gasteiger partial charge in [-0.15, -0.1) is 0 Å². The number of nitrogens with zero attached hydrogens (tertiary/aromatic N) is 1. The molecule has 1 atom stereocenters. The maximum Gasteiger partial charge on any atom is 0.102 e. The van der Waals surface area contributed by atoms with Crippen molar-refractivity contribution in [2.75, 3.05) is 6.61 Å². The van der Waals surface area contributed by atoms with Crippen LogP contribution in [0.5, 0.6) is 0 Å². The van der Waals surface area contributed by atoms with E-state index in [1.807, 2.05) is 61.9 Å². The summed E-state index contributed by atoms with van der Waals surface area (Å²) in [4.78, 5) is 3.25. The molecule has 1 unspecified atom stereocenters. The summed E-state index contributed by atoms with van der Waals surface area (Å²) in [5.74, 6) is 0. The van der Waals surface area contributed by atoms with Gasteiger partial charge in [0, 0.05) is 57.1 Å². The number of benzene rings is 3. The lowest BCUT2D eigenvalue weighted by molar-refractivity contribution is 0.0957. The van der Waals surface area contributed by atoms with Gasteiger partial charge in [0.15, 0.2) is 0 Å². The first-order valence-corrected chi connectivity index (χ1v) is 9.53. The van der Waals surface area contributed by atoms with Gasteiger partial charge in [-0.05, 0) is 29.3 Å². The normalized spacial score (nSPS) is 13.0. The molecule has 28 heavy (non-hydrogen) atoms. The predicted octanol–water partition coefficient (Wildman–Crippen LogP) is 5.16. The average molecular weight is 391 g/mol. The summed E-state index contributed by atoms with van der Waals surface area (Å²) < 4.78 is 2.13. The number of rotatable bonds is 3. The van der Waals surface area contributed by atoms with Crippen molar-refractivity contribution < 1.29 is 10.2 Å². The first-order chi connectivity index (χ1) is 13.6. The van der Waals surface area contributed by atoms with Gasteiger partial charge in [-0.25, -0.2) is 0 Å². The molecule has 0 amide bonds. The first kappa shape index (κ1) is 17.3. The van der Waals surface area contributed by atoms with Crippen LogP contribution in [0.4, 0.5) is 0 Å². The highest BCUT2D eigenvalue weighted by atomic mass is 35.5. The highest BCUT2D eigenvalue weighted by Crippen LogP contribution is 2.41. The van der Waals surface area contributed by atoms with Crippen LogP contribution in [0.1, 0.15) is 11.7 Å². The van der Waals surface area contributed by atoms with Crippen molar-refractivity contribution in [3.63, 3.8) is 0 Å². The lowest BCUT2D eigenvalue weighted by Crippen LogP contribution is -2.02. The number of aliphatic hydroxyl groups is 2. The Balaban J connectivity index is 1.91. The minimum Gasteiger partial charge on any atom is -0.393 e. The molecule has 0 saturated carbocycles. The fourth-order valence-electron chi connectivity index (χ4n) is 4.15. The van der Waals surface area contributed by atoms with Crippen LogP contribution in [0.2, 0.25) is 5.02 Å².